The first-order chi connectivity index (χ1) is 1.73. The van der Waals surface area contributed by atoms with Crippen LogP contribution in [0.5, 0.6) is 0 Å². The molecule has 0 heterocycles. The van der Waals surface area contributed by atoms with Gasteiger partial charge in [-0.25, -0.2) is 0 Å². The summed E-state index contributed by atoms with van der Waals surface area (Å²) in [5, 5.41) is 0. The Labute approximate surface area is 66.3 Å². The zero-order valence-corrected chi connectivity index (χ0v) is 6.80. The fraction of sp³-hybridized carbons (Fsp3) is 0. The van der Waals surface area contributed by atoms with Gasteiger partial charge in [0.25, 0.3) is 0 Å². The molecule has 6 heteroatoms. The quantitative estimate of drug-likeness (QED) is 0.424. The fourth-order valence-electron chi connectivity index (χ4n) is 0. The summed E-state index contributed by atoms with van der Waals surface area (Å²) >= 11 is -3.54. The van der Waals surface area contributed by atoms with Crippen LogP contribution in [0.4, 0.5) is 0 Å². The Kier molecular flexibility index (Phi) is 25.4. The van der Waals surface area contributed by atoms with Gasteiger partial charge in [0, 0.05) is 21.1 Å². The minimum atomic E-state index is -3.54. The van der Waals surface area contributed by atoms with Crippen LogP contribution in [-0.2, 0) is 24.9 Å². The Bertz CT molecular complexity index is 33.8. The maximum absolute atomic E-state index is 8.65. The van der Waals surface area contributed by atoms with Crippen LogP contribution in [0, 0.1) is 0 Å². The molecule has 0 saturated heterocycles. The fourth-order valence-corrected chi connectivity index (χ4v) is 0. The van der Waals surface area contributed by atoms with Gasteiger partial charge in [0.1, 0.15) is 0 Å². The van der Waals surface area contributed by atoms with E-state index < -0.39 is 14.5 Å². The zero-order valence-electron chi connectivity index (χ0n) is 3.08. The minimum Gasteiger partial charge on any atom is 0 e. The van der Waals surface area contributed by atoms with Crippen molar-refractivity contribution >= 4 is 14.5 Å². The Morgan fingerprint density at radius 2 is 1.67 bits per heavy atom. The normalized spacial score (nSPS) is 10.3. The van der Waals surface area contributed by atoms with Crippen molar-refractivity contribution in [2.45, 2.75) is 0 Å². The summed E-state index contributed by atoms with van der Waals surface area (Å²) < 4.78 is 24.4. The third kappa shape index (κ3) is 48.6. The van der Waals surface area contributed by atoms with Crippen LogP contribution >= 0.6 is 0 Å². The van der Waals surface area contributed by atoms with E-state index in [9.17, 15) is 0 Å². The van der Waals surface area contributed by atoms with Crippen LogP contribution in [0.15, 0.2) is 0 Å². The first-order valence-electron chi connectivity index (χ1n) is 0.516. The predicted octanol–water partition coefficient (Wildman–Crippen LogP) is -5.24. The summed E-state index contributed by atoms with van der Waals surface area (Å²) in [6.45, 7) is 0. The second-order valence-electron chi connectivity index (χ2n) is 0.217. The molecule has 0 rings (SSSR count). The van der Waals surface area contributed by atoms with Gasteiger partial charge in [0.15, 0.2) is 0 Å². The molecule has 32 valence electrons. The van der Waals surface area contributed by atoms with Gasteiger partial charge < -0.3 is 0 Å². The summed E-state index contributed by atoms with van der Waals surface area (Å²) in [5.41, 5.74) is 0. The smallest absolute Gasteiger partial charge is 0 e. The van der Waals surface area contributed by atoms with E-state index >= 15 is 0 Å². The van der Waals surface area contributed by atoms with Crippen molar-refractivity contribution in [3.05, 3.63) is 0 Å². The molecule has 0 aromatic heterocycles. The van der Waals surface area contributed by atoms with Crippen molar-refractivity contribution in [1.29, 1.82) is 0 Å². The second kappa shape index (κ2) is 9.73. The Balaban J connectivity index is -0.0000000450. The molecular weight excluding hydrogens is 230 g/mol. The molecule has 0 spiro atoms. The van der Waals surface area contributed by atoms with Gasteiger partial charge in [-0.3, -0.25) is 0 Å². The molecule has 0 saturated carbocycles. The summed E-state index contributed by atoms with van der Waals surface area (Å²) in [7, 11) is 0. The molecule has 1 unspecified atom stereocenters. The molecule has 0 aromatic carbocycles. The van der Waals surface area contributed by atoms with E-state index in [0.29, 0.717) is 0 Å². The molecule has 0 aliphatic carbocycles. The average Bonchev–Trinajstić information content (AvgIpc) is 0.811. The molecule has 0 aliphatic rings. The van der Waals surface area contributed by atoms with Crippen molar-refractivity contribution in [3.63, 3.8) is 0 Å². The maximum Gasteiger partial charge on any atom is 1.00 e. The van der Waals surface area contributed by atoms with Crippen LogP contribution in [-0.4, -0.2) is 18.7 Å². The van der Waals surface area contributed by atoms with E-state index in [4.69, 9.17) is 12.2 Å². The summed E-state index contributed by atoms with van der Waals surface area (Å²) in [4.78, 5) is 0. The van der Waals surface area contributed by atoms with Crippen molar-refractivity contribution < 1.29 is 52.1 Å². The van der Waals surface area contributed by atoms with Crippen molar-refractivity contribution in [3.8, 4) is 0 Å². The largest absolute Gasteiger partial charge is 1.00 e. The monoisotopic (exact) mass is 234 g/mol. The van der Waals surface area contributed by atoms with Gasteiger partial charge in [0.05, 0.1) is 0 Å². The zero-order chi connectivity index (χ0) is 3.58. The van der Waals surface area contributed by atoms with Crippen molar-refractivity contribution in [2.24, 2.45) is 0 Å². The van der Waals surface area contributed by atoms with Crippen LogP contribution in [0.2, 0.25) is 0 Å². The molecule has 0 radical (unpaired) electrons. The van der Waals surface area contributed by atoms with E-state index in [2.05, 4.69) is 0 Å². The van der Waals surface area contributed by atoms with E-state index in [1.807, 2.05) is 0 Å². The third-order valence-electron chi connectivity index (χ3n) is 0. The topological polar surface area (TPSA) is 60.4 Å². The molecule has 6 heavy (non-hydrogen) atoms. The molecule has 0 aromatic rings. The van der Waals surface area contributed by atoms with Crippen LogP contribution in [0.3, 0.4) is 0 Å². The van der Waals surface area contributed by atoms with Gasteiger partial charge >= 0.3 is 45.6 Å². The summed E-state index contributed by atoms with van der Waals surface area (Å²) in [6.07, 6.45) is 0. The van der Waals surface area contributed by atoms with Crippen molar-refractivity contribution in [1.82, 2.24) is 0 Å². The summed E-state index contributed by atoms with van der Waals surface area (Å²) in [6, 6.07) is 0. The standard InChI is InChI=1S/Li.Mo.H2O3Se/c;;1-4(2)3/h;;(H2,1,2,3)/q+1;;/p-1. The summed E-state index contributed by atoms with van der Waals surface area (Å²) in [5.74, 6) is 0. The van der Waals surface area contributed by atoms with Gasteiger partial charge in [-0.1, -0.05) is 0 Å². The van der Waals surface area contributed by atoms with E-state index in [0.717, 1.165) is 0 Å². The average molecular weight is 231 g/mol. The van der Waals surface area contributed by atoms with E-state index in [1.54, 1.807) is 0 Å². The molecule has 1 N–H and O–H groups in total. The molecule has 0 fully saturated rings. The minimum absolute atomic E-state index is 0. The van der Waals surface area contributed by atoms with Gasteiger partial charge in [-0.2, -0.15) is 0 Å². The van der Waals surface area contributed by atoms with E-state index in [1.165, 1.54) is 0 Å². The van der Waals surface area contributed by atoms with Gasteiger partial charge in [-0.15, -0.1) is 0 Å². The Morgan fingerprint density at radius 1 is 1.67 bits per heavy atom. The Hall–Kier alpha value is 1.53. The van der Waals surface area contributed by atoms with Crippen LogP contribution in [0.25, 0.3) is 0 Å². The molecule has 0 amide bonds. The first-order valence-corrected chi connectivity index (χ1v) is 2.68. The van der Waals surface area contributed by atoms with Gasteiger partial charge in [-0.05, 0) is 0 Å². The molecular formula is HLiMoO3Se. The first kappa shape index (κ1) is 15.6. The second-order valence-corrected chi connectivity index (χ2v) is 1.13. The number of rotatable bonds is 0. The number of hydrogen-bond donors (Lipinski definition) is 1. The van der Waals surface area contributed by atoms with Crippen LogP contribution in [0.1, 0.15) is 0 Å². The Morgan fingerprint density at radius 3 is 1.67 bits per heavy atom. The molecule has 0 bridgehead atoms. The van der Waals surface area contributed by atoms with Crippen molar-refractivity contribution in [2.75, 3.05) is 0 Å². The van der Waals surface area contributed by atoms with Crippen LogP contribution < -0.4 is 23.0 Å². The van der Waals surface area contributed by atoms with Gasteiger partial charge in [0.2, 0.25) is 0 Å². The molecule has 3 nitrogen and oxygen atoms in total. The SMILES string of the molecule is O=[Se]([O-])O.[Li+].[Mo]. The number of hydrogen-bond acceptors (Lipinski definition) is 2. The molecule has 0 aliphatic heterocycles. The maximum atomic E-state index is 8.65. The van der Waals surface area contributed by atoms with E-state index in [-0.39, 0.29) is 39.9 Å². The third-order valence-corrected chi connectivity index (χ3v) is 0. The molecule has 1 atom stereocenters. The predicted molar refractivity (Wildman–Crippen MR) is 8.66 cm³/mol.